The van der Waals surface area contributed by atoms with Crippen molar-refractivity contribution in [1.29, 1.82) is 0 Å². The standard InChI is InChI=1S/C22H27N3O4S/c1-14(2)24-22(26)17-10-16(30-20-6-4-5-7-23-20)12-25(17)11-15-8-18(27-3)21-19(9-15)28-13-29-21/h4-9,14,16-17H,10-13H2,1-3H3,(H,24,26)/t16-,17+/m1/s1. The molecule has 1 aromatic carbocycles. The molecule has 2 atom stereocenters. The average Bonchev–Trinajstić information content (AvgIpc) is 3.34. The molecule has 3 heterocycles. The van der Waals surface area contributed by atoms with Gasteiger partial charge >= 0.3 is 0 Å². The highest BCUT2D eigenvalue weighted by molar-refractivity contribution is 7.99. The van der Waals surface area contributed by atoms with Crippen LogP contribution in [0, 0.1) is 0 Å². The number of hydrogen-bond donors (Lipinski definition) is 1. The fraction of sp³-hybridized carbons (Fsp3) is 0.455. The van der Waals surface area contributed by atoms with Crippen LogP contribution in [0.1, 0.15) is 25.8 Å². The van der Waals surface area contributed by atoms with Crippen molar-refractivity contribution in [2.45, 2.75) is 49.2 Å². The number of rotatable bonds is 7. The highest BCUT2D eigenvalue weighted by Gasteiger charge is 2.38. The third-order valence-corrected chi connectivity index (χ3v) is 6.29. The number of hydrogen-bond acceptors (Lipinski definition) is 7. The fourth-order valence-corrected chi connectivity index (χ4v) is 5.04. The molecule has 0 spiro atoms. The van der Waals surface area contributed by atoms with Crippen molar-refractivity contribution in [3.05, 3.63) is 42.1 Å². The Morgan fingerprint density at radius 3 is 2.97 bits per heavy atom. The number of carbonyl (C=O) groups excluding carboxylic acids is 1. The Morgan fingerprint density at radius 2 is 2.23 bits per heavy atom. The predicted octanol–water partition coefficient (Wildman–Crippen LogP) is 3.08. The minimum atomic E-state index is -0.190. The minimum absolute atomic E-state index is 0.0711. The number of carbonyl (C=O) groups is 1. The first-order valence-electron chi connectivity index (χ1n) is 10.1. The number of nitrogens with one attached hydrogen (secondary N) is 1. The van der Waals surface area contributed by atoms with Gasteiger partial charge < -0.3 is 19.5 Å². The first-order chi connectivity index (χ1) is 14.5. The van der Waals surface area contributed by atoms with Gasteiger partial charge in [0, 0.05) is 30.6 Å². The molecule has 1 amide bonds. The molecule has 1 N–H and O–H groups in total. The van der Waals surface area contributed by atoms with Gasteiger partial charge in [0.1, 0.15) is 0 Å². The van der Waals surface area contributed by atoms with Crippen molar-refractivity contribution < 1.29 is 19.0 Å². The van der Waals surface area contributed by atoms with E-state index in [0.29, 0.717) is 29.0 Å². The van der Waals surface area contributed by atoms with Gasteiger partial charge in [-0.15, -0.1) is 11.8 Å². The molecule has 2 aromatic rings. The summed E-state index contributed by atoms with van der Waals surface area (Å²) in [7, 11) is 1.62. The maximum Gasteiger partial charge on any atom is 0.237 e. The lowest BCUT2D eigenvalue weighted by Crippen LogP contribution is -2.45. The Bertz CT molecular complexity index is 893. The number of amides is 1. The van der Waals surface area contributed by atoms with Crippen LogP contribution in [0.3, 0.4) is 0 Å². The van der Waals surface area contributed by atoms with Crippen LogP contribution in [0.4, 0.5) is 0 Å². The van der Waals surface area contributed by atoms with Gasteiger partial charge in [-0.1, -0.05) is 6.07 Å². The molecule has 0 unspecified atom stereocenters. The van der Waals surface area contributed by atoms with Crippen LogP contribution >= 0.6 is 11.8 Å². The van der Waals surface area contributed by atoms with Crippen LogP contribution in [-0.4, -0.2) is 53.6 Å². The number of ether oxygens (including phenoxy) is 3. The normalized spacial score (nSPS) is 20.5. The summed E-state index contributed by atoms with van der Waals surface area (Å²) in [6.07, 6.45) is 2.58. The number of methoxy groups -OCH3 is 1. The Labute approximate surface area is 181 Å². The maximum atomic E-state index is 12.9. The van der Waals surface area contributed by atoms with E-state index in [-0.39, 0.29) is 24.8 Å². The molecule has 2 aliphatic heterocycles. The predicted molar refractivity (Wildman–Crippen MR) is 115 cm³/mol. The van der Waals surface area contributed by atoms with Crippen molar-refractivity contribution >= 4 is 17.7 Å². The van der Waals surface area contributed by atoms with Crippen LogP contribution in [0.25, 0.3) is 0 Å². The van der Waals surface area contributed by atoms with E-state index < -0.39 is 0 Å². The van der Waals surface area contributed by atoms with Gasteiger partial charge in [-0.05, 0) is 50.1 Å². The third kappa shape index (κ3) is 4.65. The van der Waals surface area contributed by atoms with Crippen LogP contribution < -0.4 is 19.5 Å². The van der Waals surface area contributed by atoms with Gasteiger partial charge in [0.2, 0.25) is 18.4 Å². The number of pyridine rings is 1. The maximum absolute atomic E-state index is 12.9. The first kappa shape index (κ1) is 20.8. The quantitative estimate of drug-likeness (QED) is 0.725. The lowest BCUT2D eigenvalue weighted by Gasteiger charge is -2.24. The monoisotopic (exact) mass is 429 g/mol. The topological polar surface area (TPSA) is 72.9 Å². The summed E-state index contributed by atoms with van der Waals surface area (Å²) in [5, 5.41) is 4.35. The summed E-state index contributed by atoms with van der Waals surface area (Å²) in [6, 6.07) is 9.77. The van der Waals surface area contributed by atoms with Crippen molar-refractivity contribution in [2.24, 2.45) is 0 Å². The van der Waals surface area contributed by atoms with Gasteiger partial charge in [0.15, 0.2) is 11.5 Å². The lowest BCUT2D eigenvalue weighted by molar-refractivity contribution is -0.126. The number of likely N-dealkylation sites (tertiary alicyclic amines) is 1. The van der Waals surface area contributed by atoms with Gasteiger partial charge in [-0.25, -0.2) is 4.98 Å². The summed E-state index contributed by atoms with van der Waals surface area (Å²) in [5.41, 5.74) is 1.03. The van der Waals surface area contributed by atoms with E-state index in [1.807, 2.05) is 44.2 Å². The highest BCUT2D eigenvalue weighted by atomic mass is 32.2. The fourth-order valence-electron chi connectivity index (χ4n) is 3.87. The molecule has 8 heteroatoms. The number of thioether (sulfide) groups is 1. The zero-order chi connectivity index (χ0) is 21.1. The van der Waals surface area contributed by atoms with E-state index in [9.17, 15) is 4.79 Å². The van der Waals surface area contributed by atoms with E-state index in [4.69, 9.17) is 14.2 Å². The summed E-state index contributed by atoms with van der Waals surface area (Å²) in [5.74, 6) is 2.05. The second-order valence-electron chi connectivity index (χ2n) is 7.78. The molecule has 1 fully saturated rings. The van der Waals surface area contributed by atoms with Gasteiger partial charge in [0.25, 0.3) is 0 Å². The molecule has 2 aliphatic rings. The molecule has 0 aliphatic carbocycles. The van der Waals surface area contributed by atoms with Crippen molar-refractivity contribution in [3.63, 3.8) is 0 Å². The molecular weight excluding hydrogens is 402 g/mol. The van der Waals surface area contributed by atoms with E-state index in [1.54, 1.807) is 25.1 Å². The second kappa shape index (κ2) is 9.14. The molecule has 1 saturated heterocycles. The van der Waals surface area contributed by atoms with E-state index in [1.165, 1.54) is 0 Å². The average molecular weight is 430 g/mol. The summed E-state index contributed by atoms with van der Waals surface area (Å²) >= 11 is 1.73. The molecule has 4 rings (SSSR count). The summed E-state index contributed by atoms with van der Waals surface area (Å²) < 4.78 is 16.5. The van der Waals surface area contributed by atoms with Gasteiger partial charge in [-0.3, -0.25) is 9.69 Å². The van der Waals surface area contributed by atoms with Crippen LogP contribution in [0.15, 0.2) is 41.6 Å². The summed E-state index contributed by atoms with van der Waals surface area (Å²) in [6.45, 7) is 5.59. The highest BCUT2D eigenvalue weighted by Crippen LogP contribution is 2.42. The zero-order valence-corrected chi connectivity index (χ0v) is 18.3. The Morgan fingerprint density at radius 1 is 1.37 bits per heavy atom. The Kier molecular flexibility index (Phi) is 6.34. The molecule has 0 bridgehead atoms. The largest absolute Gasteiger partial charge is 0.493 e. The smallest absolute Gasteiger partial charge is 0.237 e. The van der Waals surface area contributed by atoms with Crippen molar-refractivity contribution in [3.8, 4) is 17.2 Å². The van der Waals surface area contributed by atoms with Crippen LogP contribution in [-0.2, 0) is 11.3 Å². The molecule has 0 saturated carbocycles. The zero-order valence-electron chi connectivity index (χ0n) is 17.5. The van der Waals surface area contributed by atoms with E-state index in [0.717, 1.165) is 23.6 Å². The SMILES string of the molecule is COc1cc(CN2C[C@H](Sc3ccccn3)C[C@H]2C(=O)NC(C)C)cc2c1OCO2. The second-order valence-corrected chi connectivity index (χ2v) is 9.10. The first-order valence-corrected chi connectivity index (χ1v) is 11.0. The molecular formula is C22H27N3O4S. The van der Waals surface area contributed by atoms with E-state index >= 15 is 0 Å². The lowest BCUT2D eigenvalue weighted by atomic mass is 10.1. The molecule has 160 valence electrons. The number of aromatic nitrogens is 1. The molecule has 30 heavy (non-hydrogen) atoms. The summed E-state index contributed by atoms with van der Waals surface area (Å²) in [4.78, 5) is 19.6. The number of fused-ring (bicyclic) bond motifs is 1. The Balaban J connectivity index is 1.53. The minimum Gasteiger partial charge on any atom is -0.493 e. The van der Waals surface area contributed by atoms with Gasteiger partial charge in [-0.2, -0.15) is 0 Å². The molecule has 7 nitrogen and oxygen atoms in total. The van der Waals surface area contributed by atoms with Crippen molar-refractivity contribution in [1.82, 2.24) is 15.2 Å². The van der Waals surface area contributed by atoms with E-state index in [2.05, 4.69) is 15.2 Å². The van der Waals surface area contributed by atoms with Crippen molar-refractivity contribution in [2.75, 3.05) is 20.4 Å². The van der Waals surface area contributed by atoms with Crippen LogP contribution in [0.2, 0.25) is 0 Å². The molecule has 1 aromatic heterocycles. The molecule has 0 radical (unpaired) electrons. The third-order valence-electron chi connectivity index (χ3n) is 5.13. The number of benzene rings is 1. The number of nitrogens with zero attached hydrogens (tertiary/aromatic N) is 2. The van der Waals surface area contributed by atoms with Crippen LogP contribution in [0.5, 0.6) is 17.2 Å². The van der Waals surface area contributed by atoms with Gasteiger partial charge in [0.05, 0.1) is 18.2 Å². The Hall–Kier alpha value is -2.45.